The van der Waals surface area contributed by atoms with E-state index in [0.29, 0.717) is 51.1 Å². The van der Waals surface area contributed by atoms with E-state index in [0.717, 1.165) is 16.9 Å². The maximum absolute atomic E-state index is 12.6. The first-order chi connectivity index (χ1) is 15.3. The number of thiocarbonyl (C=S) groups is 1. The van der Waals surface area contributed by atoms with Gasteiger partial charge in [0.15, 0.2) is 11.5 Å². The van der Waals surface area contributed by atoms with Crippen LogP contribution in [0.5, 0.6) is 17.2 Å². The molecule has 0 atom stereocenters. The van der Waals surface area contributed by atoms with Crippen LogP contribution in [0.2, 0.25) is 5.02 Å². The van der Waals surface area contributed by atoms with Gasteiger partial charge in [0.1, 0.15) is 23.3 Å². The Morgan fingerprint density at radius 1 is 1.16 bits per heavy atom. The van der Waals surface area contributed by atoms with Gasteiger partial charge in [-0.3, -0.25) is 9.69 Å². The van der Waals surface area contributed by atoms with E-state index < -0.39 is 0 Å². The molecular weight excluding hydrogens is 466 g/mol. The van der Waals surface area contributed by atoms with Crippen molar-refractivity contribution in [2.24, 2.45) is 0 Å². The van der Waals surface area contributed by atoms with Crippen LogP contribution in [0.3, 0.4) is 0 Å². The lowest BCUT2D eigenvalue weighted by Gasteiger charge is -2.15. The molecule has 0 radical (unpaired) electrons. The van der Waals surface area contributed by atoms with Gasteiger partial charge >= 0.3 is 0 Å². The van der Waals surface area contributed by atoms with Gasteiger partial charge < -0.3 is 14.2 Å². The molecule has 1 heterocycles. The van der Waals surface area contributed by atoms with E-state index in [1.165, 1.54) is 16.7 Å². The van der Waals surface area contributed by atoms with Crippen LogP contribution >= 0.6 is 35.6 Å². The van der Waals surface area contributed by atoms with E-state index in [1.807, 2.05) is 32.0 Å². The number of hydrogen-bond acceptors (Lipinski definition) is 6. The van der Waals surface area contributed by atoms with Crippen molar-refractivity contribution in [3.8, 4) is 17.2 Å². The first-order valence-electron chi connectivity index (χ1n) is 9.90. The van der Waals surface area contributed by atoms with Gasteiger partial charge in [0.05, 0.1) is 17.0 Å². The molecule has 0 bridgehead atoms. The normalized spacial score (nSPS) is 14.8. The Kier molecular flexibility index (Phi) is 8.23. The molecule has 168 valence electrons. The van der Waals surface area contributed by atoms with Crippen LogP contribution < -0.4 is 14.2 Å². The quantitative estimate of drug-likeness (QED) is 0.192. The van der Waals surface area contributed by atoms with Crippen molar-refractivity contribution in [2.45, 2.75) is 13.8 Å². The highest BCUT2D eigenvalue weighted by Crippen LogP contribution is 2.39. The number of carbonyl (C=O) groups excluding carboxylic acids is 1. The number of thioether (sulfide) groups is 1. The van der Waals surface area contributed by atoms with Crippen LogP contribution in [-0.4, -0.2) is 42.0 Å². The third-order valence-corrected chi connectivity index (χ3v) is 6.32. The van der Waals surface area contributed by atoms with Crippen molar-refractivity contribution in [1.82, 2.24) is 4.90 Å². The second-order valence-electron chi connectivity index (χ2n) is 7.08. The van der Waals surface area contributed by atoms with E-state index in [1.54, 1.807) is 31.4 Å². The van der Waals surface area contributed by atoms with E-state index in [-0.39, 0.29) is 5.91 Å². The SMILES string of the molecule is C=CCN1C(=O)/C(=C/c2cc(Cl)c(OCCOc3cc(C)ccc3C)c(OC)c2)SC1=S. The monoisotopic (exact) mass is 489 g/mol. The summed E-state index contributed by atoms with van der Waals surface area (Å²) in [7, 11) is 1.54. The molecule has 1 aliphatic rings. The number of benzene rings is 2. The summed E-state index contributed by atoms with van der Waals surface area (Å²) in [5.74, 6) is 1.57. The fourth-order valence-electron chi connectivity index (χ4n) is 3.06. The summed E-state index contributed by atoms with van der Waals surface area (Å²) >= 11 is 13.0. The Bertz CT molecular complexity index is 1080. The number of hydrogen-bond donors (Lipinski definition) is 0. The Morgan fingerprint density at radius 2 is 1.91 bits per heavy atom. The Morgan fingerprint density at radius 3 is 2.62 bits per heavy atom. The van der Waals surface area contributed by atoms with Gasteiger partial charge in [-0.25, -0.2) is 0 Å². The molecule has 0 aliphatic carbocycles. The standard InChI is InChI=1S/C24H24ClNO4S2/c1-5-8-26-23(27)21(32-24(26)31)14-17-12-18(25)22(20(13-17)28-4)30-10-9-29-19-11-15(2)6-7-16(19)3/h5-7,11-14H,1,8-10H2,2-4H3/b21-14-. The van der Waals surface area contributed by atoms with E-state index in [4.69, 9.17) is 38.0 Å². The third-order valence-electron chi connectivity index (χ3n) is 4.67. The topological polar surface area (TPSA) is 48.0 Å². The Hall–Kier alpha value is -2.48. The fourth-order valence-corrected chi connectivity index (χ4v) is 4.61. The molecule has 1 aliphatic heterocycles. The number of rotatable bonds is 9. The van der Waals surface area contributed by atoms with Gasteiger partial charge in [-0.2, -0.15) is 0 Å². The minimum Gasteiger partial charge on any atom is -0.493 e. The molecule has 0 saturated carbocycles. The highest BCUT2D eigenvalue weighted by atomic mass is 35.5. The van der Waals surface area contributed by atoms with Crippen molar-refractivity contribution in [2.75, 3.05) is 26.9 Å². The van der Waals surface area contributed by atoms with Crippen molar-refractivity contribution in [1.29, 1.82) is 0 Å². The molecule has 1 saturated heterocycles. The molecule has 2 aromatic carbocycles. The van der Waals surface area contributed by atoms with E-state index in [9.17, 15) is 4.79 Å². The molecule has 0 spiro atoms. The van der Waals surface area contributed by atoms with Crippen molar-refractivity contribution in [3.05, 3.63) is 69.6 Å². The predicted molar refractivity (Wildman–Crippen MR) is 135 cm³/mol. The number of amides is 1. The number of carbonyl (C=O) groups is 1. The first-order valence-corrected chi connectivity index (χ1v) is 11.5. The van der Waals surface area contributed by atoms with Gasteiger partial charge in [-0.05, 0) is 54.8 Å². The number of aryl methyl sites for hydroxylation is 2. The summed E-state index contributed by atoms with van der Waals surface area (Å²) < 4.78 is 17.7. The van der Waals surface area contributed by atoms with E-state index >= 15 is 0 Å². The Labute approximate surface area is 203 Å². The van der Waals surface area contributed by atoms with Crippen molar-refractivity contribution < 1.29 is 19.0 Å². The second kappa shape index (κ2) is 10.9. The van der Waals surface area contributed by atoms with Crippen molar-refractivity contribution in [3.63, 3.8) is 0 Å². The Balaban J connectivity index is 1.70. The van der Waals surface area contributed by atoms with Crippen LogP contribution in [-0.2, 0) is 4.79 Å². The van der Waals surface area contributed by atoms with Crippen LogP contribution in [0.15, 0.2) is 47.9 Å². The molecule has 5 nitrogen and oxygen atoms in total. The third kappa shape index (κ3) is 5.65. The van der Waals surface area contributed by atoms with Gasteiger partial charge in [-0.1, -0.05) is 53.8 Å². The molecule has 32 heavy (non-hydrogen) atoms. The lowest BCUT2D eigenvalue weighted by molar-refractivity contribution is -0.121. The highest BCUT2D eigenvalue weighted by molar-refractivity contribution is 8.26. The highest BCUT2D eigenvalue weighted by Gasteiger charge is 2.31. The minimum absolute atomic E-state index is 0.154. The van der Waals surface area contributed by atoms with E-state index in [2.05, 4.69) is 6.58 Å². The molecule has 1 amide bonds. The van der Waals surface area contributed by atoms with Crippen molar-refractivity contribution >= 4 is 51.9 Å². The van der Waals surface area contributed by atoms with Gasteiger partial charge in [0.2, 0.25) is 0 Å². The summed E-state index contributed by atoms with van der Waals surface area (Å²) in [4.78, 5) is 14.6. The summed E-state index contributed by atoms with van der Waals surface area (Å²) in [6.07, 6.45) is 3.38. The molecule has 0 unspecified atom stereocenters. The van der Waals surface area contributed by atoms with Gasteiger partial charge in [0, 0.05) is 6.54 Å². The zero-order valence-electron chi connectivity index (χ0n) is 18.1. The van der Waals surface area contributed by atoms with Crippen LogP contribution in [0.4, 0.5) is 0 Å². The first kappa shape index (κ1) is 24.2. The van der Waals surface area contributed by atoms with Crippen LogP contribution in [0.25, 0.3) is 6.08 Å². The molecule has 3 rings (SSSR count). The molecule has 0 N–H and O–H groups in total. The smallest absolute Gasteiger partial charge is 0.266 e. The number of methoxy groups -OCH3 is 1. The zero-order valence-corrected chi connectivity index (χ0v) is 20.5. The number of nitrogens with zero attached hydrogens (tertiary/aromatic N) is 1. The molecular formula is C24H24ClNO4S2. The molecule has 1 fully saturated rings. The van der Waals surface area contributed by atoms with Crippen LogP contribution in [0, 0.1) is 13.8 Å². The second-order valence-corrected chi connectivity index (χ2v) is 9.16. The van der Waals surface area contributed by atoms with Gasteiger partial charge in [0.25, 0.3) is 5.91 Å². The average Bonchev–Trinajstić information content (AvgIpc) is 3.02. The fraction of sp³-hybridized carbons (Fsp3) is 0.250. The summed E-state index contributed by atoms with van der Waals surface area (Å²) in [6.45, 7) is 8.71. The largest absolute Gasteiger partial charge is 0.493 e. The predicted octanol–water partition coefficient (Wildman–Crippen LogP) is 5.81. The minimum atomic E-state index is -0.154. The summed E-state index contributed by atoms with van der Waals surface area (Å²) in [5, 5.41) is 0.379. The maximum atomic E-state index is 12.6. The lowest BCUT2D eigenvalue weighted by Crippen LogP contribution is -2.27. The van der Waals surface area contributed by atoms with Gasteiger partial charge in [-0.15, -0.1) is 6.58 Å². The summed E-state index contributed by atoms with van der Waals surface area (Å²) in [5.41, 5.74) is 2.91. The maximum Gasteiger partial charge on any atom is 0.266 e. The molecule has 2 aromatic rings. The molecule has 0 aromatic heterocycles. The summed E-state index contributed by atoms with van der Waals surface area (Å²) in [6, 6.07) is 9.56. The zero-order chi connectivity index (χ0) is 23.3. The van der Waals surface area contributed by atoms with Crippen LogP contribution in [0.1, 0.15) is 16.7 Å². The number of ether oxygens (including phenoxy) is 3. The average molecular weight is 490 g/mol. The number of halogens is 1. The molecule has 8 heteroatoms. The lowest BCUT2D eigenvalue weighted by atomic mass is 10.1.